The van der Waals surface area contributed by atoms with E-state index in [0.717, 1.165) is 29.7 Å². The highest BCUT2D eigenvalue weighted by Crippen LogP contribution is 2.36. The van der Waals surface area contributed by atoms with Crippen molar-refractivity contribution < 1.29 is 18.6 Å². The molecular weight excluding hydrogens is 320 g/mol. The van der Waals surface area contributed by atoms with Gasteiger partial charge in [0.1, 0.15) is 17.6 Å². The van der Waals surface area contributed by atoms with Crippen LogP contribution >= 0.6 is 0 Å². The number of hydrogen-bond acceptors (Lipinski definition) is 5. The van der Waals surface area contributed by atoms with Crippen LogP contribution in [0.15, 0.2) is 45.8 Å². The Morgan fingerprint density at radius 2 is 1.96 bits per heavy atom. The van der Waals surface area contributed by atoms with E-state index in [2.05, 4.69) is 6.92 Å². The highest BCUT2D eigenvalue weighted by molar-refractivity contribution is 5.84. The lowest BCUT2D eigenvalue weighted by atomic mass is 10.0. The molecule has 5 heteroatoms. The number of aryl methyl sites for hydroxylation is 1. The van der Waals surface area contributed by atoms with Gasteiger partial charge in [0.05, 0.1) is 18.1 Å². The predicted molar refractivity (Wildman–Crippen MR) is 94.6 cm³/mol. The topological polar surface area (TPSA) is 57.9 Å². The summed E-state index contributed by atoms with van der Waals surface area (Å²) in [4.78, 5) is 13.0. The van der Waals surface area contributed by atoms with Crippen LogP contribution in [0.1, 0.15) is 18.9 Å². The van der Waals surface area contributed by atoms with Gasteiger partial charge >= 0.3 is 0 Å². The van der Waals surface area contributed by atoms with Gasteiger partial charge in [-0.15, -0.1) is 0 Å². The maximum atomic E-state index is 13.0. The summed E-state index contributed by atoms with van der Waals surface area (Å²) < 4.78 is 21.9. The first-order valence-corrected chi connectivity index (χ1v) is 8.23. The number of fused-ring (bicyclic) bond motifs is 2. The zero-order valence-electron chi connectivity index (χ0n) is 14.1. The molecule has 0 amide bonds. The molecule has 128 valence electrons. The lowest BCUT2D eigenvalue weighted by Gasteiger charge is -2.10. The minimum atomic E-state index is -0.0693. The van der Waals surface area contributed by atoms with Gasteiger partial charge < -0.3 is 18.6 Å². The molecular formula is C20H18O5. The third kappa shape index (κ3) is 2.61. The Balaban J connectivity index is 1.88. The van der Waals surface area contributed by atoms with E-state index in [1.165, 1.54) is 6.26 Å². The molecule has 0 atom stereocenters. The third-order valence-corrected chi connectivity index (χ3v) is 4.38. The van der Waals surface area contributed by atoms with Gasteiger partial charge in [0, 0.05) is 6.07 Å². The molecule has 1 aliphatic heterocycles. The Labute approximate surface area is 144 Å². The zero-order chi connectivity index (χ0) is 17.4. The molecule has 0 fully saturated rings. The Hall–Kier alpha value is -2.95. The fourth-order valence-electron chi connectivity index (χ4n) is 3.12. The summed E-state index contributed by atoms with van der Waals surface area (Å²) in [6, 6.07) is 9.10. The highest BCUT2D eigenvalue weighted by Gasteiger charge is 2.17. The van der Waals surface area contributed by atoms with E-state index in [1.807, 2.05) is 12.1 Å². The van der Waals surface area contributed by atoms with Crippen LogP contribution in [0.25, 0.3) is 22.1 Å². The average molecular weight is 338 g/mol. The van der Waals surface area contributed by atoms with Gasteiger partial charge in [-0.2, -0.15) is 0 Å². The van der Waals surface area contributed by atoms with Gasteiger partial charge in [0.15, 0.2) is 11.5 Å². The number of benzene rings is 2. The summed E-state index contributed by atoms with van der Waals surface area (Å²) in [6.45, 7) is 2.29. The van der Waals surface area contributed by atoms with E-state index >= 15 is 0 Å². The first kappa shape index (κ1) is 15.6. The van der Waals surface area contributed by atoms with Gasteiger partial charge in [-0.25, -0.2) is 0 Å². The Morgan fingerprint density at radius 3 is 2.76 bits per heavy atom. The van der Waals surface area contributed by atoms with Gasteiger partial charge in [-0.3, -0.25) is 4.79 Å². The smallest absolute Gasteiger partial charge is 0.231 e. The number of ether oxygens (including phenoxy) is 3. The average Bonchev–Trinajstić information content (AvgIpc) is 3.10. The number of methoxy groups -OCH3 is 1. The molecule has 25 heavy (non-hydrogen) atoms. The minimum absolute atomic E-state index is 0.0693. The molecule has 2 heterocycles. The van der Waals surface area contributed by atoms with E-state index in [-0.39, 0.29) is 12.2 Å². The van der Waals surface area contributed by atoms with Crippen molar-refractivity contribution in [3.8, 4) is 28.4 Å². The molecule has 4 rings (SSSR count). The van der Waals surface area contributed by atoms with Crippen molar-refractivity contribution in [3.05, 3.63) is 52.4 Å². The summed E-state index contributed by atoms with van der Waals surface area (Å²) in [5, 5.41) is 0.555. The molecule has 0 bridgehead atoms. The normalized spacial score (nSPS) is 12.6. The molecule has 1 aromatic heterocycles. The molecule has 0 saturated heterocycles. The third-order valence-electron chi connectivity index (χ3n) is 4.38. The van der Waals surface area contributed by atoms with Crippen molar-refractivity contribution >= 4 is 11.0 Å². The molecule has 3 aromatic rings. The van der Waals surface area contributed by atoms with Crippen LogP contribution in [0, 0.1) is 0 Å². The lowest BCUT2D eigenvalue weighted by molar-refractivity contribution is 0.174. The Morgan fingerprint density at radius 1 is 1.12 bits per heavy atom. The second kappa shape index (κ2) is 6.16. The quantitative estimate of drug-likeness (QED) is 0.715. The summed E-state index contributed by atoms with van der Waals surface area (Å²) in [5.74, 6) is 2.07. The fraction of sp³-hybridized carbons (Fsp3) is 0.250. The SMILES string of the molecule is CCCc1cc2c(=O)c(-c3ccc4c(c3)OCO4)coc2cc1OC. The predicted octanol–water partition coefficient (Wildman–Crippen LogP) is 4.15. The second-order valence-electron chi connectivity index (χ2n) is 5.96. The molecule has 0 saturated carbocycles. The first-order chi connectivity index (χ1) is 12.2. The van der Waals surface area contributed by atoms with Crippen LogP contribution in [0.5, 0.6) is 17.2 Å². The van der Waals surface area contributed by atoms with E-state index in [4.69, 9.17) is 18.6 Å². The summed E-state index contributed by atoms with van der Waals surface area (Å²) in [7, 11) is 1.62. The van der Waals surface area contributed by atoms with Crippen LogP contribution in [0.2, 0.25) is 0 Å². The van der Waals surface area contributed by atoms with Crippen LogP contribution in [0.3, 0.4) is 0 Å². The van der Waals surface area contributed by atoms with Crippen LogP contribution in [-0.4, -0.2) is 13.9 Å². The standard InChI is InChI=1S/C20H18O5/c1-3-4-13-7-14-18(9-17(13)22-2)23-10-15(20(14)21)12-5-6-16-19(8-12)25-11-24-16/h5-10H,3-4,11H2,1-2H3. The van der Waals surface area contributed by atoms with Gasteiger partial charge in [-0.1, -0.05) is 19.4 Å². The molecule has 0 unspecified atom stereocenters. The second-order valence-corrected chi connectivity index (χ2v) is 5.96. The highest BCUT2D eigenvalue weighted by atomic mass is 16.7. The van der Waals surface area contributed by atoms with Crippen LogP contribution in [-0.2, 0) is 6.42 Å². The Bertz CT molecular complexity index is 1000. The van der Waals surface area contributed by atoms with Crippen molar-refractivity contribution in [2.24, 2.45) is 0 Å². The molecule has 0 radical (unpaired) electrons. The van der Waals surface area contributed by atoms with Crippen LogP contribution < -0.4 is 19.6 Å². The molecule has 0 aliphatic carbocycles. The fourth-order valence-corrected chi connectivity index (χ4v) is 3.12. The molecule has 5 nitrogen and oxygen atoms in total. The van der Waals surface area contributed by atoms with E-state index in [9.17, 15) is 4.79 Å². The lowest BCUT2D eigenvalue weighted by Crippen LogP contribution is -2.06. The molecule has 0 N–H and O–H groups in total. The number of rotatable bonds is 4. The minimum Gasteiger partial charge on any atom is -0.496 e. The van der Waals surface area contributed by atoms with Crippen LogP contribution in [0.4, 0.5) is 0 Å². The maximum absolute atomic E-state index is 13.0. The van der Waals surface area contributed by atoms with Crippen molar-refractivity contribution in [1.82, 2.24) is 0 Å². The monoisotopic (exact) mass is 338 g/mol. The van der Waals surface area contributed by atoms with Gasteiger partial charge in [0.2, 0.25) is 12.2 Å². The first-order valence-electron chi connectivity index (χ1n) is 8.23. The molecule has 2 aromatic carbocycles. The van der Waals surface area contributed by atoms with Crippen molar-refractivity contribution in [2.75, 3.05) is 13.9 Å². The summed E-state index contributed by atoms with van der Waals surface area (Å²) in [5.41, 5.74) is 2.70. The van der Waals surface area contributed by atoms with Crippen molar-refractivity contribution in [3.63, 3.8) is 0 Å². The maximum Gasteiger partial charge on any atom is 0.231 e. The Kier molecular flexibility index (Phi) is 3.84. The summed E-state index contributed by atoms with van der Waals surface area (Å²) >= 11 is 0. The van der Waals surface area contributed by atoms with E-state index in [0.29, 0.717) is 28.0 Å². The van der Waals surface area contributed by atoms with Crippen molar-refractivity contribution in [2.45, 2.75) is 19.8 Å². The number of hydrogen-bond donors (Lipinski definition) is 0. The largest absolute Gasteiger partial charge is 0.496 e. The van der Waals surface area contributed by atoms with Gasteiger partial charge in [-0.05, 0) is 35.7 Å². The van der Waals surface area contributed by atoms with E-state index in [1.54, 1.807) is 25.3 Å². The van der Waals surface area contributed by atoms with Crippen molar-refractivity contribution in [1.29, 1.82) is 0 Å². The molecule has 0 spiro atoms. The molecule has 1 aliphatic rings. The van der Waals surface area contributed by atoms with E-state index < -0.39 is 0 Å². The zero-order valence-corrected chi connectivity index (χ0v) is 14.1. The van der Waals surface area contributed by atoms with Gasteiger partial charge in [0.25, 0.3) is 0 Å². The summed E-state index contributed by atoms with van der Waals surface area (Å²) in [6.07, 6.45) is 3.29.